The number of carbonyl (C=O) groups excluding carboxylic acids is 1. The molecule has 3 aromatic rings. The normalized spacial score (nSPS) is 17.9. The van der Waals surface area contributed by atoms with Gasteiger partial charge < -0.3 is 15.2 Å². The van der Waals surface area contributed by atoms with Gasteiger partial charge in [-0.3, -0.25) is 4.79 Å². The third kappa shape index (κ3) is 3.47. The average Bonchev–Trinajstić information content (AvgIpc) is 3.26. The van der Waals surface area contributed by atoms with Gasteiger partial charge in [0.05, 0.1) is 11.9 Å². The second kappa shape index (κ2) is 6.72. The van der Waals surface area contributed by atoms with Crippen molar-refractivity contribution in [1.29, 1.82) is 0 Å². The summed E-state index contributed by atoms with van der Waals surface area (Å²) in [6.07, 6.45) is 7.94. The van der Waals surface area contributed by atoms with Crippen molar-refractivity contribution >= 4 is 28.3 Å². The van der Waals surface area contributed by atoms with Crippen molar-refractivity contribution in [3.8, 4) is 11.8 Å². The van der Waals surface area contributed by atoms with Crippen LogP contribution in [-0.4, -0.2) is 32.5 Å². The molecule has 1 saturated carbocycles. The number of imidazole rings is 1. The maximum Gasteiger partial charge on any atom is 0.228 e. The number of nitrogens with one attached hydrogen (secondary N) is 2. The molecule has 1 amide bonds. The lowest BCUT2D eigenvalue weighted by Crippen LogP contribution is -2.15. The number of hydrogen-bond donors (Lipinski definition) is 2. The first-order valence-electron chi connectivity index (χ1n) is 8.82. The number of aromatic nitrogens is 4. The zero-order chi connectivity index (χ0) is 19.0. The second-order valence-corrected chi connectivity index (χ2v) is 6.87. The number of amides is 1. The monoisotopic (exact) mass is 360 g/mol. The van der Waals surface area contributed by atoms with Crippen molar-refractivity contribution in [2.75, 3.05) is 17.7 Å². The summed E-state index contributed by atoms with van der Waals surface area (Å²) in [5.74, 6) is 8.01. The highest BCUT2D eigenvalue weighted by molar-refractivity contribution is 5.99. The van der Waals surface area contributed by atoms with Gasteiger partial charge in [-0.1, -0.05) is 12.8 Å². The van der Waals surface area contributed by atoms with Gasteiger partial charge in [-0.2, -0.15) is 0 Å². The summed E-state index contributed by atoms with van der Waals surface area (Å²) >= 11 is 0. The lowest BCUT2D eigenvalue weighted by atomic mass is 10.1. The minimum Gasteiger partial charge on any atom is -0.373 e. The van der Waals surface area contributed by atoms with Crippen LogP contribution in [0, 0.1) is 23.7 Å². The molecule has 7 nitrogen and oxygen atoms in total. The van der Waals surface area contributed by atoms with Crippen LogP contribution in [0.5, 0.6) is 0 Å². The van der Waals surface area contributed by atoms with Crippen LogP contribution in [0.2, 0.25) is 0 Å². The molecule has 27 heavy (non-hydrogen) atoms. The van der Waals surface area contributed by atoms with Crippen molar-refractivity contribution in [3.05, 3.63) is 42.2 Å². The van der Waals surface area contributed by atoms with Gasteiger partial charge in [0.15, 0.2) is 0 Å². The van der Waals surface area contributed by atoms with Crippen LogP contribution in [0.15, 0.2) is 31.0 Å². The van der Waals surface area contributed by atoms with Crippen LogP contribution in [0.4, 0.5) is 11.6 Å². The Morgan fingerprint density at radius 1 is 1.22 bits per heavy atom. The minimum absolute atomic E-state index is 0.0263. The quantitative estimate of drug-likeness (QED) is 0.701. The topological polar surface area (TPSA) is 84.7 Å². The molecule has 3 heterocycles. The van der Waals surface area contributed by atoms with Gasteiger partial charge in [0.25, 0.3) is 0 Å². The van der Waals surface area contributed by atoms with Crippen LogP contribution < -0.4 is 10.6 Å². The molecule has 0 saturated heterocycles. The van der Waals surface area contributed by atoms with Gasteiger partial charge in [-0.25, -0.2) is 15.0 Å². The summed E-state index contributed by atoms with van der Waals surface area (Å²) in [4.78, 5) is 25.2. The smallest absolute Gasteiger partial charge is 0.228 e. The molecule has 1 aliphatic carbocycles. The Labute approximate surface area is 157 Å². The predicted molar refractivity (Wildman–Crippen MR) is 104 cm³/mol. The highest BCUT2D eigenvalue weighted by Crippen LogP contribution is 2.38. The van der Waals surface area contributed by atoms with Gasteiger partial charge in [-0.05, 0) is 24.3 Å². The van der Waals surface area contributed by atoms with Crippen molar-refractivity contribution in [3.63, 3.8) is 0 Å². The zero-order valence-corrected chi connectivity index (χ0v) is 15.4. The van der Waals surface area contributed by atoms with Crippen LogP contribution in [0.25, 0.3) is 10.8 Å². The standard InChI is InChI=1S/C20H20N6O/c1-12-6-15(12)20(27)25-18-7-16-13(4-5-14-10-26(3)11-24-14)8-23-19(21-2)17(16)9-22-18/h7-12,15H,6H2,1-3H3,(H,21,23)(H,22,25,27)/t12-,15+/m1/s1. The molecule has 2 atom stereocenters. The Bertz CT molecular complexity index is 1090. The van der Waals surface area contributed by atoms with E-state index in [0.717, 1.165) is 28.6 Å². The van der Waals surface area contributed by atoms with Gasteiger partial charge in [0, 0.05) is 49.4 Å². The van der Waals surface area contributed by atoms with E-state index >= 15 is 0 Å². The molecule has 1 fully saturated rings. The average molecular weight is 360 g/mol. The van der Waals surface area contributed by atoms with Crippen molar-refractivity contribution in [1.82, 2.24) is 19.5 Å². The van der Waals surface area contributed by atoms with Crippen molar-refractivity contribution < 1.29 is 4.79 Å². The van der Waals surface area contributed by atoms with Crippen LogP contribution in [0.1, 0.15) is 24.6 Å². The van der Waals surface area contributed by atoms with E-state index in [1.807, 2.05) is 30.9 Å². The number of fused-ring (bicyclic) bond motifs is 1. The van der Waals surface area contributed by atoms with Crippen molar-refractivity contribution in [2.24, 2.45) is 18.9 Å². The summed E-state index contributed by atoms with van der Waals surface area (Å²) in [5, 5.41) is 7.71. The summed E-state index contributed by atoms with van der Waals surface area (Å²) in [6.45, 7) is 2.08. The molecule has 0 unspecified atom stereocenters. The SMILES string of the molecule is CNc1ncc(C#Cc2cn(C)cn2)c2cc(NC(=O)[C@H]3C[C@H]3C)ncc12. The van der Waals surface area contributed by atoms with Crippen LogP contribution in [0.3, 0.4) is 0 Å². The van der Waals surface area contributed by atoms with Crippen molar-refractivity contribution in [2.45, 2.75) is 13.3 Å². The summed E-state index contributed by atoms with van der Waals surface area (Å²) < 4.78 is 1.85. The van der Waals surface area contributed by atoms with E-state index < -0.39 is 0 Å². The Morgan fingerprint density at radius 3 is 2.70 bits per heavy atom. The molecular weight excluding hydrogens is 340 g/mol. The van der Waals surface area contributed by atoms with E-state index in [-0.39, 0.29) is 11.8 Å². The molecular formula is C20H20N6O. The third-order valence-corrected chi connectivity index (χ3v) is 4.74. The fourth-order valence-corrected chi connectivity index (χ4v) is 3.02. The molecule has 0 aliphatic heterocycles. The van der Waals surface area contributed by atoms with E-state index in [0.29, 0.717) is 17.4 Å². The first kappa shape index (κ1) is 17.0. The molecule has 4 rings (SSSR count). The number of carbonyl (C=O) groups is 1. The summed E-state index contributed by atoms with van der Waals surface area (Å²) in [5.41, 5.74) is 1.45. The summed E-state index contributed by atoms with van der Waals surface area (Å²) in [7, 11) is 3.71. The van der Waals surface area contributed by atoms with E-state index in [1.165, 1.54) is 0 Å². The van der Waals surface area contributed by atoms with E-state index in [9.17, 15) is 4.79 Å². The fraction of sp³-hybridized carbons (Fsp3) is 0.300. The maximum atomic E-state index is 12.2. The van der Waals surface area contributed by atoms with E-state index in [2.05, 4.69) is 44.4 Å². The molecule has 0 spiro atoms. The Kier molecular flexibility index (Phi) is 4.24. The zero-order valence-electron chi connectivity index (χ0n) is 15.4. The molecule has 0 aromatic carbocycles. The van der Waals surface area contributed by atoms with Gasteiger partial charge in [-0.15, -0.1) is 0 Å². The number of nitrogens with zero attached hydrogens (tertiary/aromatic N) is 4. The Morgan fingerprint density at radius 2 is 2.04 bits per heavy atom. The van der Waals surface area contributed by atoms with E-state index in [4.69, 9.17) is 0 Å². The second-order valence-electron chi connectivity index (χ2n) is 6.87. The number of hydrogen-bond acceptors (Lipinski definition) is 5. The number of rotatable bonds is 3. The third-order valence-electron chi connectivity index (χ3n) is 4.74. The molecule has 2 N–H and O–H groups in total. The molecule has 0 radical (unpaired) electrons. The Balaban J connectivity index is 1.72. The molecule has 7 heteroatoms. The Hall–Kier alpha value is -3.40. The highest BCUT2D eigenvalue weighted by atomic mass is 16.2. The fourth-order valence-electron chi connectivity index (χ4n) is 3.02. The predicted octanol–water partition coefficient (Wildman–Crippen LogP) is 2.40. The minimum atomic E-state index is 0.0263. The maximum absolute atomic E-state index is 12.2. The summed E-state index contributed by atoms with van der Waals surface area (Å²) in [6, 6.07) is 1.85. The highest BCUT2D eigenvalue weighted by Gasteiger charge is 2.39. The van der Waals surface area contributed by atoms with Crippen LogP contribution in [-0.2, 0) is 11.8 Å². The number of pyridine rings is 2. The van der Waals surface area contributed by atoms with E-state index in [1.54, 1.807) is 18.7 Å². The van der Waals surface area contributed by atoms with Gasteiger partial charge >= 0.3 is 0 Å². The van der Waals surface area contributed by atoms with Gasteiger partial charge in [0.1, 0.15) is 17.3 Å². The molecule has 3 aromatic heterocycles. The first-order valence-corrected chi connectivity index (χ1v) is 8.82. The number of aryl methyl sites for hydroxylation is 1. The largest absolute Gasteiger partial charge is 0.373 e. The first-order chi connectivity index (χ1) is 13.0. The molecule has 0 bridgehead atoms. The van der Waals surface area contributed by atoms with Crippen LogP contribution >= 0.6 is 0 Å². The molecule has 136 valence electrons. The van der Waals surface area contributed by atoms with Gasteiger partial charge in [0.2, 0.25) is 5.91 Å². The number of anilines is 2. The lowest BCUT2D eigenvalue weighted by molar-refractivity contribution is -0.117. The molecule has 1 aliphatic rings. The lowest BCUT2D eigenvalue weighted by Gasteiger charge is -2.09.